The van der Waals surface area contributed by atoms with Crippen LogP contribution in [0.5, 0.6) is 0 Å². The number of anilines is 1. The Kier molecular flexibility index (Phi) is 5.83. The van der Waals surface area contributed by atoms with Gasteiger partial charge in [-0.1, -0.05) is 29.8 Å². The molecule has 1 aliphatic rings. The number of carbonyl (C=O) groups is 1. The summed E-state index contributed by atoms with van der Waals surface area (Å²) in [5, 5.41) is 5.44. The predicted octanol–water partition coefficient (Wildman–Crippen LogP) is 4.36. The number of benzene rings is 1. The van der Waals surface area contributed by atoms with Crippen molar-refractivity contribution in [3.63, 3.8) is 0 Å². The van der Waals surface area contributed by atoms with Crippen molar-refractivity contribution in [3.05, 3.63) is 80.2 Å². The fourth-order valence-electron chi connectivity index (χ4n) is 3.52. The van der Waals surface area contributed by atoms with Crippen LogP contribution in [0, 0.1) is 6.92 Å². The molecule has 0 radical (unpaired) electrons. The van der Waals surface area contributed by atoms with Crippen LogP contribution in [-0.2, 0) is 12.8 Å². The molecule has 1 aromatic carbocycles. The van der Waals surface area contributed by atoms with E-state index in [2.05, 4.69) is 16.7 Å². The van der Waals surface area contributed by atoms with Crippen molar-refractivity contribution >= 4 is 34.0 Å². The Morgan fingerprint density at radius 1 is 1.33 bits per heavy atom. The van der Waals surface area contributed by atoms with E-state index in [0.717, 1.165) is 31.4 Å². The average Bonchev–Trinajstić information content (AvgIpc) is 3.16. The molecule has 0 saturated carbocycles. The first-order valence-electron chi connectivity index (χ1n) is 9.77. The van der Waals surface area contributed by atoms with Gasteiger partial charge in [-0.25, -0.2) is 9.67 Å². The third kappa shape index (κ3) is 3.82. The van der Waals surface area contributed by atoms with Crippen LogP contribution in [0.1, 0.15) is 39.6 Å². The van der Waals surface area contributed by atoms with Gasteiger partial charge in [-0.3, -0.25) is 14.5 Å². The molecule has 6 nitrogen and oxygen atoms in total. The first-order valence-corrected chi connectivity index (χ1v) is 11.0. The zero-order valence-electron chi connectivity index (χ0n) is 16.6. The monoisotopic (exact) mass is 440 g/mol. The quantitative estimate of drug-likeness (QED) is 0.553. The number of carbonyl (C=O) groups excluding carboxylic acids is 1. The Bertz CT molecular complexity index is 1160. The van der Waals surface area contributed by atoms with E-state index in [4.69, 9.17) is 11.6 Å². The number of nitrogens with zero attached hydrogens (tertiary/aromatic N) is 4. The van der Waals surface area contributed by atoms with Crippen molar-refractivity contribution in [2.24, 2.45) is 0 Å². The summed E-state index contributed by atoms with van der Waals surface area (Å²) in [5.74, 6) is -0.494. The fourth-order valence-corrected chi connectivity index (χ4v) is 4.89. The largest absolute Gasteiger partial charge is 0.287 e. The summed E-state index contributed by atoms with van der Waals surface area (Å²) in [4.78, 5) is 33.4. The molecule has 0 N–H and O–H groups in total. The van der Waals surface area contributed by atoms with Gasteiger partial charge in [-0.2, -0.15) is 5.10 Å². The zero-order chi connectivity index (χ0) is 21.3. The molecule has 0 atom stereocenters. The SMILES string of the molecule is C=CCN(C(=O)c1nn(-c2ccccc2Cl)c(C)cc1=O)c1nc2c(s1)CCCC2. The number of rotatable bonds is 5. The minimum absolute atomic E-state index is 0.171. The molecule has 0 aliphatic heterocycles. The van der Waals surface area contributed by atoms with Crippen molar-refractivity contribution in [1.82, 2.24) is 14.8 Å². The van der Waals surface area contributed by atoms with Crippen LogP contribution < -0.4 is 10.3 Å². The molecular weight excluding hydrogens is 420 g/mol. The number of thiazole rings is 1. The molecule has 0 fully saturated rings. The molecule has 1 aliphatic carbocycles. The van der Waals surface area contributed by atoms with Crippen molar-refractivity contribution in [2.75, 3.05) is 11.4 Å². The molecule has 8 heteroatoms. The van der Waals surface area contributed by atoms with Gasteiger partial charge in [0.2, 0.25) is 5.43 Å². The van der Waals surface area contributed by atoms with E-state index in [1.165, 1.54) is 31.9 Å². The van der Waals surface area contributed by atoms with Crippen LogP contribution in [0.2, 0.25) is 5.02 Å². The van der Waals surface area contributed by atoms with Gasteiger partial charge in [0.25, 0.3) is 5.91 Å². The smallest absolute Gasteiger partial charge is 0.284 e. The Labute approximate surface area is 183 Å². The van der Waals surface area contributed by atoms with E-state index in [1.807, 2.05) is 12.1 Å². The second-order valence-corrected chi connectivity index (χ2v) is 8.61. The van der Waals surface area contributed by atoms with Gasteiger partial charge in [0, 0.05) is 23.2 Å². The molecule has 2 aromatic heterocycles. The lowest BCUT2D eigenvalue weighted by Crippen LogP contribution is -2.36. The van der Waals surface area contributed by atoms with E-state index >= 15 is 0 Å². The van der Waals surface area contributed by atoms with Gasteiger partial charge in [-0.15, -0.1) is 17.9 Å². The first-order chi connectivity index (χ1) is 14.5. The first kappa shape index (κ1) is 20.5. The molecule has 3 aromatic rings. The number of aryl methyl sites for hydroxylation is 3. The van der Waals surface area contributed by atoms with Crippen LogP contribution in [0.3, 0.4) is 0 Å². The van der Waals surface area contributed by atoms with E-state index in [9.17, 15) is 9.59 Å². The van der Waals surface area contributed by atoms with Crippen LogP contribution in [0.15, 0.2) is 47.8 Å². The third-order valence-electron chi connectivity index (χ3n) is 5.01. The minimum Gasteiger partial charge on any atom is -0.287 e. The van der Waals surface area contributed by atoms with E-state index in [1.54, 1.807) is 25.1 Å². The maximum absolute atomic E-state index is 13.4. The summed E-state index contributed by atoms with van der Waals surface area (Å²) in [6.45, 7) is 5.75. The molecule has 0 bridgehead atoms. The number of amides is 1. The molecule has 154 valence electrons. The average molecular weight is 441 g/mol. The molecule has 0 saturated heterocycles. The highest BCUT2D eigenvalue weighted by Crippen LogP contribution is 2.32. The fraction of sp³-hybridized carbons (Fsp3) is 0.273. The Morgan fingerprint density at radius 2 is 2.10 bits per heavy atom. The summed E-state index contributed by atoms with van der Waals surface area (Å²) in [6, 6.07) is 8.57. The Balaban J connectivity index is 1.78. The van der Waals surface area contributed by atoms with Crippen molar-refractivity contribution < 1.29 is 4.79 Å². The standard InChI is InChI=1S/C22H21ClN4O2S/c1-3-12-26(22-24-16-9-5-7-11-19(16)30-22)21(29)20-18(28)13-14(2)27(25-20)17-10-6-4-8-15(17)23/h3-4,6,8,10,13H,1,5,7,9,11-12H2,2H3. The highest BCUT2D eigenvalue weighted by Gasteiger charge is 2.27. The maximum Gasteiger partial charge on any atom is 0.284 e. The van der Waals surface area contributed by atoms with Gasteiger partial charge < -0.3 is 0 Å². The second kappa shape index (κ2) is 8.53. The summed E-state index contributed by atoms with van der Waals surface area (Å²) >= 11 is 7.82. The van der Waals surface area contributed by atoms with Crippen LogP contribution >= 0.6 is 22.9 Å². The van der Waals surface area contributed by atoms with Crippen molar-refractivity contribution in [2.45, 2.75) is 32.6 Å². The summed E-state index contributed by atoms with van der Waals surface area (Å²) in [7, 11) is 0. The second-order valence-electron chi connectivity index (χ2n) is 7.14. The lowest BCUT2D eigenvalue weighted by atomic mass is 10.0. The lowest BCUT2D eigenvalue weighted by Gasteiger charge is -2.18. The van der Waals surface area contributed by atoms with Gasteiger partial charge in [0.1, 0.15) is 0 Å². The molecule has 1 amide bonds. The van der Waals surface area contributed by atoms with E-state index < -0.39 is 11.3 Å². The number of aromatic nitrogens is 3. The van der Waals surface area contributed by atoms with E-state index in [-0.39, 0.29) is 12.2 Å². The molecule has 0 spiro atoms. The van der Waals surface area contributed by atoms with Gasteiger partial charge in [0.05, 0.1) is 16.4 Å². The maximum atomic E-state index is 13.4. The van der Waals surface area contributed by atoms with Crippen molar-refractivity contribution in [3.8, 4) is 5.69 Å². The third-order valence-corrected chi connectivity index (χ3v) is 6.51. The number of fused-ring (bicyclic) bond motifs is 1. The summed E-state index contributed by atoms with van der Waals surface area (Å²) in [5.41, 5.74) is 1.63. The minimum atomic E-state index is -0.494. The van der Waals surface area contributed by atoms with Gasteiger partial charge >= 0.3 is 0 Å². The molecule has 2 heterocycles. The van der Waals surface area contributed by atoms with Gasteiger partial charge in [-0.05, 0) is 44.7 Å². The number of halogens is 1. The van der Waals surface area contributed by atoms with Crippen LogP contribution in [0.25, 0.3) is 5.69 Å². The number of para-hydroxylation sites is 1. The highest BCUT2D eigenvalue weighted by molar-refractivity contribution is 7.16. The normalized spacial score (nSPS) is 13.0. The summed E-state index contributed by atoms with van der Waals surface area (Å²) in [6.07, 6.45) is 5.76. The van der Waals surface area contributed by atoms with Crippen molar-refractivity contribution in [1.29, 1.82) is 0 Å². The molecule has 0 unspecified atom stereocenters. The molecule has 4 rings (SSSR count). The molecule has 30 heavy (non-hydrogen) atoms. The lowest BCUT2D eigenvalue weighted by molar-refractivity contribution is 0.0982. The zero-order valence-corrected chi connectivity index (χ0v) is 18.2. The Hall–Kier alpha value is -2.77. The topological polar surface area (TPSA) is 68.1 Å². The van der Waals surface area contributed by atoms with E-state index in [0.29, 0.717) is 21.5 Å². The Morgan fingerprint density at radius 3 is 2.83 bits per heavy atom. The highest BCUT2D eigenvalue weighted by atomic mass is 35.5. The van der Waals surface area contributed by atoms with Crippen LogP contribution in [0.4, 0.5) is 5.13 Å². The molecular formula is C22H21ClN4O2S. The van der Waals surface area contributed by atoms with Crippen LogP contribution in [-0.4, -0.2) is 27.2 Å². The number of hydrogen-bond donors (Lipinski definition) is 0. The number of hydrogen-bond acceptors (Lipinski definition) is 5. The predicted molar refractivity (Wildman–Crippen MR) is 120 cm³/mol. The summed E-state index contributed by atoms with van der Waals surface area (Å²) < 4.78 is 1.52. The van der Waals surface area contributed by atoms with Gasteiger partial charge in [0.15, 0.2) is 10.8 Å².